The lowest BCUT2D eigenvalue weighted by molar-refractivity contribution is 0.306. The van der Waals surface area contributed by atoms with E-state index in [0.29, 0.717) is 18.2 Å². The lowest BCUT2D eigenvalue weighted by Gasteiger charge is -2.31. The number of anilines is 1. The molecule has 0 bridgehead atoms. The molecule has 5 rings (SSSR count). The zero-order valence-electron chi connectivity index (χ0n) is 19.2. The summed E-state index contributed by atoms with van der Waals surface area (Å²) in [6, 6.07) is 18.8. The number of ether oxygens (including phenoxy) is 1. The monoisotopic (exact) mass is 462 g/mol. The van der Waals surface area contributed by atoms with Gasteiger partial charge in [-0.05, 0) is 81.6 Å². The summed E-state index contributed by atoms with van der Waals surface area (Å²) in [5.41, 5.74) is 5.06. The number of pyridine rings is 1. The number of hydrogen-bond acceptors (Lipinski definition) is 5. The quantitative estimate of drug-likeness (QED) is 0.485. The van der Waals surface area contributed by atoms with Gasteiger partial charge in [0.1, 0.15) is 12.4 Å². The zero-order valence-corrected chi connectivity index (χ0v) is 20.0. The number of fused-ring (bicyclic) bond motifs is 1. The van der Waals surface area contributed by atoms with Gasteiger partial charge in [-0.15, -0.1) is 12.4 Å². The molecule has 0 aliphatic carbocycles. The number of benzene rings is 2. The highest BCUT2D eigenvalue weighted by molar-refractivity contribution is 5.93. The first-order valence-corrected chi connectivity index (χ1v) is 11.7. The van der Waals surface area contributed by atoms with Gasteiger partial charge in [0.05, 0.1) is 17.1 Å². The molecule has 172 valence electrons. The van der Waals surface area contributed by atoms with Crippen molar-refractivity contribution >= 4 is 29.0 Å². The van der Waals surface area contributed by atoms with Crippen molar-refractivity contribution < 1.29 is 4.74 Å². The summed E-state index contributed by atoms with van der Waals surface area (Å²) in [5, 5.41) is 10.2. The molecule has 3 aromatic rings. The van der Waals surface area contributed by atoms with Gasteiger partial charge in [0.25, 0.3) is 0 Å². The lowest BCUT2D eigenvalue weighted by Crippen LogP contribution is -2.39. The van der Waals surface area contributed by atoms with Crippen molar-refractivity contribution in [3.05, 3.63) is 65.4 Å². The van der Waals surface area contributed by atoms with Crippen LogP contribution in [0.3, 0.4) is 0 Å². The van der Waals surface area contributed by atoms with Crippen molar-refractivity contribution in [2.45, 2.75) is 45.3 Å². The molecule has 0 spiro atoms. The third-order valence-corrected chi connectivity index (χ3v) is 6.73. The fourth-order valence-electron chi connectivity index (χ4n) is 5.09. The summed E-state index contributed by atoms with van der Waals surface area (Å²) in [7, 11) is 0. The van der Waals surface area contributed by atoms with Crippen molar-refractivity contribution in [2.24, 2.45) is 0 Å². The van der Waals surface area contributed by atoms with Crippen LogP contribution >= 0.6 is 12.4 Å². The normalized spacial score (nSPS) is 18.3. The fraction of sp³-hybridized carbons (Fsp3) is 0.407. The maximum absolute atomic E-state index is 8.95. The van der Waals surface area contributed by atoms with Gasteiger partial charge < -0.3 is 14.5 Å². The van der Waals surface area contributed by atoms with E-state index in [1.165, 1.54) is 56.4 Å². The number of hydrogen-bond donors (Lipinski definition) is 0. The number of rotatable bonds is 6. The minimum absolute atomic E-state index is 0. The molecule has 0 unspecified atom stereocenters. The Balaban J connectivity index is 0.00000259. The van der Waals surface area contributed by atoms with Crippen LogP contribution in [0.25, 0.3) is 10.9 Å². The molecule has 33 heavy (non-hydrogen) atoms. The molecular weight excluding hydrogens is 432 g/mol. The van der Waals surface area contributed by atoms with Gasteiger partial charge in [-0.25, -0.2) is 0 Å². The maximum atomic E-state index is 8.95. The second-order valence-electron chi connectivity index (χ2n) is 9.06. The highest BCUT2D eigenvalue weighted by atomic mass is 35.5. The van der Waals surface area contributed by atoms with Crippen LogP contribution in [0.1, 0.15) is 42.5 Å². The van der Waals surface area contributed by atoms with E-state index in [1.807, 2.05) is 24.3 Å². The largest absolute Gasteiger partial charge is 0.489 e. The molecule has 6 heteroatoms. The van der Waals surface area contributed by atoms with Crippen LogP contribution in [0.2, 0.25) is 0 Å². The highest BCUT2D eigenvalue weighted by Crippen LogP contribution is 2.34. The van der Waals surface area contributed by atoms with Gasteiger partial charge in [-0.1, -0.05) is 12.1 Å². The number of halogens is 1. The average molecular weight is 463 g/mol. The number of nitriles is 1. The van der Waals surface area contributed by atoms with Crippen LogP contribution in [0.5, 0.6) is 5.75 Å². The summed E-state index contributed by atoms with van der Waals surface area (Å²) in [4.78, 5) is 10.1. The molecular formula is C27H31ClN4O. The first kappa shape index (κ1) is 23.4. The van der Waals surface area contributed by atoms with Crippen LogP contribution in [-0.2, 0) is 6.61 Å². The second-order valence-corrected chi connectivity index (χ2v) is 9.06. The van der Waals surface area contributed by atoms with Gasteiger partial charge in [0.2, 0.25) is 0 Å². The average Bonchev–Trinajstić information content (AvgIpc) is 3.50. The van der Waals surface area contributed by atoms with Crippen LogP contribution in [0, 0.1) is 18.3 Å². The van der Waals surface area contributed by atoms with E-state index < -0.39 is 0 Å². The number of nitrogens with zero attached hydrogens (tertiary/aromatic N) is 4. The predicted molar refractivity (Wildman–Crippen MR) is 135 cm³/mol. The van der Waals surface area contributed by atoms with Gasteiger partial charge in [0.15, 0.2) is 0 Å². The minimum Gasteiger partial charge on any atom is -0.489 e. The summed E-state index contributed by atoms with van der Waals surface area (Å²) < 4.78 is 6.05. The molecule has 0 amide bonds. The molecule has 0 saturated carbocycles. The Morgan fingerprint density at radius 2 is 1.82 bits per heavy atom. The molecule has 5 nitrogen and oxygen atoms in total. The lowest BCUT2D eigenvalue weighted by atomic mass is 10.1. The molecule has 0 N–H and O–H groups in total. The van der Waals surface area contributed by atoms with Crippen molar-refractivity contribution in [1.29, 1.82) is 5.26 Å². The molecule has 1 atom stereocenters. The molecule has 2 fully saturated rings. The Bertz CT molecular complexity index is 1140. The number of aromatic nitrogens is 1. The smallest absolute Gasteiger partial charge is 0.122 e. The van der Waals surface area contributed by atoms with E-state index in [2.05, 4.69) is 47.1 Å². The van der Waals surface area contributed by atoms with Gasteiger partial charge in [0, 0.05) is 42.0 Å². The summed E-state index contributed by atoms with van der Waals surface area (Å²) in [6.07, 6.45) is 5.21. The van der Waals surface area contributed by atoms with Crippen LogP contribution in [0.4, 0.5) is 5.69 Å². The summed E-state index contributed by atoms with van der Waals surface area (Å²) >= 11 is 0. The third-order valence-electron chi connectivity index (χ3n) is 6.73. The predicted octanol–water partition coefficient (Wildman–Crippen LogP) is 5.48. The van der Waals surface area contributed by atoms with Gasteiger partial charge in [-0.3, -0.25) is 4.98 Å². The van der Waals surface area contributed by atoms with Crippen LogP contribution < -0.4 is 9.64 Å². The molecule has 0 radical (unpaired) electrons. The van der Waals surface area contributed by atoms with Gasteiger partial charge in [-0.2, -0.15) is 5.26 Å². The Hall–Kier alpha value is -2.81. The fourth-order valence-corrected chi connectivity index (χ4v) is 5.09. The molecule has 2 aliphatic rings. The Morgan fingerprint density at radius 1 is 1.03 bits per heavy atom. The molecule has 2 saturated heterocycles. The van der Waals surface area contributed by atoms with E-state index in [-0.39, 0.29) is 12.4 Å². The molecule has 3 heterocycles. The topological polar surface area (TPSA) is 52.4 Å². The van der Waals surface area contributed by atoms with Crippen LogP contribution in [-0.4, -0.2) is 42.1 Å². The van der Waals surface area contributed by atoms with E-state index in [4.69, 9.17) is 15.0 Å². The third kappa shape index (κ3) is 5.24. The number of aryl methyl sites for hydroxylation is 1. The zero-order chi connectivity index (χ0) is 21.9. The Morgan fingerprint density at radius 3 is 2.58 bits per heavy atom. The standard InChI is InChI=1S/C27H30N4O.ClH/c1-20-15-27(31-14-4-5-23(31)18-30-12-2-3-13-30)25-11-10-24(16-26(25)29-20)32-19-22-8-6-21(17-28)7-9-22;/h6-11,15-16,23H,2-5,12-14,18-19H2,1H3;1H/t23-;/m0./s1. The molecule has 2 aromatic carbocycles. The molecule has 1 aromatic heterocycles. The van der Waals surface area contributed by atoms with Gasteiger partial charge >= 0.3 is 0 Å². The maximum Gasteiger partial charge on any atom is 0.122 e. The molecule has 2 aliphatic heterocycles. The highest BCUT2D eigenvalue weighted by Gasteiger charge is 2.29. The van der Waals surface area contributed by atoms with E-state index in [0.717, 1.165) is 29.1 Å². The first-order valence-electron chi connectivity index (χ1n) is 11.7. The first-order chi connectivity index (χ1) is 15.7. The second kappa shape index (κ2) is 10.4. The van der Waals surface area contributed by atoms with E-state index in [1.54, 1.807) is 0 Å². The SMILES string of the molecule is Cc1cc(N2CCC[C@H]2CN2CCCC2)c2ccc(OCc3ccc(C#N)cc3)cc2n1.Cl. The van der Waals surface area contributed by atoms with Crippen molar-refractivity contribution in [3.63, 3.8) is 0 Å². The van der Waals surface area contributed by atoms with Crippen LogP contribution in [0.15, 0.2) is 48.5 Å². The minimum atomic E-state index is 0. The van der Waals surface area contributed by atoms with Crippen molar-refractivity contribution in [3.8, 4) is 11.8 Å². The Kier molecular flexibility index (Phi) is 7.37. The number of likely N-dealkylation sites (tertiary alicyclic amines) is 1. The Labute approximate surface area is 202 Å². The summed E-state index contributed by atoms with van der Waals surface area (Å²) in [6.45, 7) is 7.35. The van der Waals surface area contributed by atoms with E-state index >= 15 is 0 Å². The van der Waals surface area contributed by atoms with Crippen molar-refractivity contribution in [2.75, 3.05) is 31.1 Å². The van der Waals surface area contributed by atoms with Crippen molar-refractivity contribution in [1.82, 2.24) is 9.88 Å². The summed E-state index contributed by atoms with van der Waals surface area (Å²) in [5.74, 6) is 0.820. The van der Waals surface area contributed by atoms with E-state index in [9.17, 15) is 0 Å².